The van der Waals surface area contributed by atoms with E-state index in [2.05, 4.69) is 20.3 Å². The molecule has 10 heteroatoms. The number of hydrogen-bond acceptors (Lipinski definition) is 6. The van der Waals surface area contributed by atoms with Crippen LogP contribution in [0.25, 0.3) is 22.5 Å². The summed E-state index contributed by atoms with van der Waals surface area (Å²) in [6, 6.07) is 13.1. The lowest BCUT2D eigenvalue weighted by atomic mass is 10.1. The van der Waals surface area contributed by atoms with E-state index in [1.165, 1.54) is 18.4 Å². The fourth-order valence-corrected chi connectivity index (χ4v) is 5.05. The molecule has 8 nitrogen and oxygen atoms in total. The highest BCUT2D eigenvalue weighted by atomic mass is 32.2. The third-order valence-corrected chi connectivity index (χ3v) is 7.23. The number of nitrogens with one attached hydrogen (secondary N) is 1. The summed E-state index contributed by atoms with van der Waals surface area (Å²) in [6.07, 6.45) is 7.61. The molecule has 0 saturated carbocycles. The van der Waals surface area contributed by atoms with E-state index in [1.54, 1.807) is 35.1 Å². The van der Waals surface area contributed by atoms with E-state index in [9.17, 15) is 12.8 Å². The number of benzene rings is 2. The molecule has 0 aliphatic rings. The summed E-state index contributed by atoms with van der Waals surface area (Å²) >= 11 is 0. The van der Waals surface area contributed by atoms with Crippen molar-refractivity contribution >= 4 is 20.7 Å². The van der Waals surface area contributed by atoms with Gasteiger partial charge in [0.15, 0.2) is 9.84 Å². The molecule has 5 rings (SSSR count). The van der Waals surface area contributed by atoms with Crippen LogP contribution in [0.1, 0.15) is 24.1 Å². The van der Waals surface area contributed by atoms with Gasteiger partial charge in [0, 0.05) is 23.6 Å². The molecule has 0 aliphatic carbocycles. The molecule has 0 radical (unpaired) electrons. The van der Waals surface area contributed by atoms with Crippen LogP contribution in [0.3, 0.4) is 0 Å². The van der Waals surface area contributed by atoms with Gasteiger partial charge in [0.05, 0.1) is 16.8 Å². The zero-order valence-electron chi connectivity index (χ0n) is 18.2. The molecule has 34 heavy (non-hydrogen) atoms. The minimum atomic E-state index is -3.58. The van der Waals surface area contributed by atoms with Gasteiger partial charge < -0.3 is 9.40 Å². The third-order valence-electron chi connectivity index (χ3n) is 5.56. The molecular formula is C24H22FN5O3S. The van der Waals surface area contributed by atoms with Crippen molar-refractivity contribution in [1.29, 1.82) is 0 Å². The van der Waals surface area contributed by atoms with Crippen LogP contribution in [0.2, 0.25) is 0 Å². The quantitative estimate of drug-likeness (QED) is 0.311. The van der Waals surface area contributed by atoms with Crippen molar-refractivity contribution in [2.24, 2.45) is 0 Å². The number of hydrogen-bond donors (Lipinski definition) is 1. The van der Waals surface area contributed by atoms with Gasteiger partial charge in [-0.3, -0.25) is 4.68 Å². The second-order valence-corrected chi connectivity index (χ2v) is 10.1. The van der Waals surface area contributed by atoms with Gasteiger partial charge in [-0.15, -0.1) is 5.10 Å². The Kier molecular flexibility index (Phi) is 5.97. The topological polar surface area (TPSA) is 107 Å². The first kappa shape index (κ1) is 22.0. The summed E-state index contributed by atoms with van der Waals surface area (Å²) in [6.45, 7) is 0.807. The lowest BCUT2D eigenvalue weighted by Gasteiger charge is -2.05. The Balaban J connectivity index is 1.21. The molecule has 0 aliphatic heterocycles. The maximum absolute atomic E-state index is 13.4. The van der Waals surface area contributed by atoms with Crippen LogP contribution in [0, 0.1) is 5.82 Å². The number of unbranched alkanes of at least 4 members (excludes halogenated alkanes) is 1. The minimum absolute atomic E-state index is 0.240. The first-order chi connectivity index (χ1) is 16.5. The van der Waals surface area contributed by atoms with E-state index in [0.29, 0.717) is 16.8 Å². The highest BCUT2D eigenvalue weighted by molar-refractivity contribution is 7.90. The Morgan fingerprint density at radius 3 is 2.71 bits per heavy atom. The van der Waals surface area contributed by atoms with E-state index in [4.69, 9.17) is 4.42 Å². The van der Waals surface area contributed by atoms with E-state index >= 15 is 0 Å². The molecule has 0 saturated heterocycles. The molecule has 0 atom stereocenters. The average molecular weight is 480 g/mol. The molecule has 3 aromatic heterocycles. The standard InChI is InChI=1S/C24H22FN5O3S/c25-19-6-9-22-18(13-19)14-23(28-22)24-27-20(15-33-24)16-34(31,32)21-7-4-17(5-8-21)3-1-2-11-30-12-10-26-29-30/h4-10,12-15,28H,1-3,11,16H2. The molecule has 0 fully saturated rings. The number of oxazole rings is 1. The highest BCUT2D eigenvalue weighted by Gasteiger charge is 2.19. The van der Waals surface area contributed by atoms with Crippen molar-refractivity contribution in [3.8, 4) is 11.6 Å². The SMILES string of the molecule is O=S(=O)(Cc1coc(-c2cc3cc(F)ccc3[nH]2)n1)c1ccc(CCCCn2ccnn2)cc1. The number of rotatable bonds is 9. The Bertz CT molecular complexity index is 1510. The molecular weight excluding hydrogens is 457 g/mol. The summed E-state index contributed by atoms with van der Waals surface area (Å²) < 4.78 is 46.5. The number of halogens is 1. The van der Waals surface area contributed by atoms with E-state index in [0.717, 1.165) is 36.9 Å². The molecule has 0 bridgehead atoms. The Morgan fingerprint density at radius 2 is 1.91 bits per heavy atom. The summed E-state index contributed by atoms with van der Waals surface area (Å²) in [5.74, 6) is -0.360. The summed E-state index contributed by atoms with van der Waals surface area (Å²) in [4.78, 5) is 7.66. The Hall–Kier alpha value is -3.79. The van der Waals surface area contributed by atoms with Crippen LogP contribution >= 0.6 is 0 Å². The van der Waals surface area contributed by atoms with Gasteiger partial charge >= 0.3 is 0 Å². The van der Waals surface area contributed by atoms with E-state index in [1.807, 2.05) is 18.3 Å². The van der Waals surface area contributed by atoms with Crippen molar-refractivity contribution in [3.63, 3.8) is 0 Å². The number of aryl methyl sites for hydroxylation is 2. The largest absolute Gasteiger partial charge is 0.443 e. The maximum atomic E-state index is 13.4. The molecule has 0 unspecified atom stereocenters. The van der Waals surface area contributed by atoms with Crippen LogP contribution in [0.5, 0.6) is 0 Å². The van der Waals surface area contributed by atoms with Crippen molar-refractivity contribution in [2.45, 2.75) is 36.5 Å². The highest BCUT2D eigenvalue weighted by Crippen LogP contribution is 2.25. The summed E-state index contributed by atoms with van der Waals surface area (Å²) in [5, 5.41) is 8.40. The molecule has 2 aromatic carbocycles. The fraction of sp³-hybridized carbons (Fsp3) is 0.208. The lowest BCUT2D eigenvalue weighted by molar-refractivity contribution is 0.541. The van der Waals surface area contributed by atoms with Crippen molar-refractivity contribution in [2.75, 3.05) is 0 Å². The first-order valence-electron chi connectivity index (χ1n) is 10.9. The first-order valence-corrected chi connectivity index (χ1v) is 12.5. The van der Waals surface area contributed by atoms with Gasteiger partial charge in [0.2, 0.25) is 5.89 Å². The van der Waals surface area contributed by atoms with Gasteiger partial charge in [0.25, 0.3) is 0 Å². The number of H-pyrrole nitrogens is 1. The van der Waals surface area contributed by atoms with Gasteiger partial charge in [-0.2, -0.15) is 0 Å². The Labute approximate surface area is 195 Å². The van der Waals surface area contributed by atoms with E-state index < -0.39 is 9.84 Å². The van der Waals surface area contributed by atoms with E-state index in [-0.39, 0.29) is 22.4 Å². The molecule has 1 N–H and O–H groups in total. The minimum Gasteiger partial charge on any atom is -0.443 e. The van der Waals surface area contributed by atoms with Crippen LogP contribution in [0.15, 0.2) is 76.5 Å². The van der Waals surface area contributed by atoms with Crippen LogP contribution in [-0.2, 0) is 28.6 Å². The Morgan fingerprint density at radius 1 is 1.06 bits per heavy atom. The lowest BCUT2D eigenvalue weighted by Crippen LogP contribution is -2.05. The number of aromatic nitrogens is 5. The molecule has 0 amide bonds. The number of aromatic amines is 1. The van der Waals surface area contributed by atoms with Crippen LogP contribution in [0.4, 0.5) is 4.39 Å². The van der Waals surface area contributed by atoms with Gasteiger partial charge in [-0.05, 0) is 61.2 Å². The molecule has 3 heterocycles. The van der Waals surface area contributed by atoms with Gasteiger partial charge in [-0.25, -0.2) is 17.8 Å². The zero-order chi connectivity index (χ0) is 23.5. The van der Waals surface area contributed by atoms with Crippen molar-refractivity contribution in [3.05, 3.63) is 84.3 Å². The fourth-order valence-electron chi connectivity index (χ4n) is 3.81. The van der Waals surface area contributed by atoms with Crippen LogP contribution < -0.4 is 0 Å². The predicted octanol–water partition coefficient (Wildman–Crippen LogP) is 4.55. The smallest absolute Gasteiger partial charge is 0.243 e. The second kappa shape index (κ2) is 9.22. The van der Waals surface area contributed by atoms with Crippen molar-refractivity contribution < 1.29 is 17.2 Å². The number of nitrogens with zero attached hydrogens (tertiary/aromatic N) is 4. The molecule has 174 valence electrons. The second-order valence-electron chi connectivity index (χ2n) is 8.08. The number of sulfone groups is 1. The molecule has 0 spiro atoms. The maximum Gasteiger partial charge on any atom is 0.243 e. The van der Waals surface area contributed by atoms with Crippen molar-refractivity contribution in [1.82, 2.24) is 25.0 Å². The van der Waals surface area contributed by atoms with Gasteiger partial charge in [0.1, 0.15) is 23.5 Å². The zero-order valence-corrected chi connectivity index (χ0v) is 19.0. The van der Waals surface area contributed by atoms with Gasteiger partial charge in [-0.1, -0.05) is 17.3 Å². The third kappa shape index (κ3) is 4.91. The normalized spacial score (nSPS) is 11.9. The predicted molar refractivity (Wildman–Crippen MR) is 124 cm³/mol. The molecule has 5 aromatic rings. The summed E-state index contributed by atoms with van der Waals surface area (Å²) in [5.41, 5.74) is 2.67. The number of fused-ring (bicyclic) bond motifs is 1. The summed E-state index contributed by atoms with van der Waals surface area (Å²) in [7, 11) is -3.58. The monoisotopic (exact) mass is 479 g/mol. The van der Waals surface area contributed by atoms with Crippen LogP contribution in [-0.4, -0.2) is 33.4 Å². The average Bonchev–Trinajstić information content (AvgIpc) is 3.57.